The highest BCUT2D eigenvalue weighted by molar-refractivity contribution is 6.10. The summed E-state index contributed by atoms with van der Waals surface area (Å²) in [7, 11) is 0. The van der Waals surface area contributed by atoms with Gasteiger partial charge in [0.25, 0.3) is 0 Å². The first-order valence-corrected chi connectivity index (χ1v) is 7.61. The third-order valence-corrected chi connectivity index (χ3v) is 3.45. The molecule has 6 nitrogen and oxygen atoms in total. The summed E-state index contributed by atoms with van der Waals surface area (Å²) in [6.07, 6.45) is 4.87. The van der Waals surface area contributed by atoms with E-state index >= 15 is 0 Å². The molecule has 0 aliphatic rings. The van der Waals surface area contributed by atoms with E-state index in [1.807, 2.05) is 44.2 Å². The van der Waals surface area contributed by atoms with E-state index in [1.54, 1.807) is 18.2 Å². The molecular weight excluding hydrogens is 302 g/mol. The minimum atomic E-state index is -0.366. The number of hydrogen-bond acceptors (Lipinski definition) is 4. The van der Waals surface area contributed by atoms with Gasteiger partial charge < -0.3 is 16.5 Å². The lowest BCUT2D eigenvalue weighted by molar-refractivity contribution is 0.249. The highest BCUT2D eigenvalue weighted by Crippen LogP contribution is 2.17. The van der Waals surface area contributed by atoms with Gasteiger partial charge in [-0.05, 0) is 25.5 Å². The number of aromatic nitrogens is 1. The van der Waals surface area contributed by atoms with E-state index in [2.05, 4.69) is 15.6 Å². The second kappa shape index (κ2) is 7.92. The Morgan fingerprint density at radius 2 is 2.04 bits per heavy atom. The molecular formula is C18H21N5O. The predicted octanol–water partition coefficient (Wildman–Crippen LogP) is 3.49. The van der Waals surface area contributed by atoms with Crippen molar-refractivity contribution in [3.63, 3.8) is 0 Å². The van der Waals surface area contributed by atoms with E-state index in [-0.39, 0.29) is 17.8 Å². The van der Waals surface area contributed by atoms with Gasteiger partial charge in [0.2, 0.25) is 0 Å². The molecule has 0 aliphatic carbocycles. The number of pyridine rings is 1. The van der Waals surface area contributed by atoms with Crippen LogP contribution in [0.25, 0.3) is 0 Å². The number of amides is 2. The van der Waals surface area contributed by atoms with Crippen LogP contribution in [0.2, 0.25) is 0 Å². The summed E-state index contributed by atoms with van der Waals surface area (Å²) >= 11 is 0. The molecule has 0 unspecified atom stereocenters. The molecule has 2 rings (SSSR count). The van der Waals surface area contributed by atoms with Crippen LogP contribution in [-0.4, -0.2) is 16.7 Å². The maximum absolute atomic E-state index is 12.1. The van der Waals surface area contributed by atoms with Crippen molar-refractivity contribution in [2.45, 2.75) is 19.9 Å². The summed E-state index contributed by atoms with van der Waals surface area (Å²) in [6.45, 7) is 3.73. The number of carbonyl (C=O) groups excluding carboxylic acids is 1. The van der Waals surface area contributed by atoms with Crippen molar-refractivity contribution in [1.29, 1.82) is 5.41 Å². The molecule has 6 heteroatoms. The molecule has 0 fully saturated rings. The summed E-state index contributed by atoms with van der Waals surface area (Å²) in [6, 6.07) is 10.7. The maximum Gasteiger partial charge on any atom is 0.320 e. The van der Waals surface area contributed by atoms with E-state index in [1.165, 1.54) is 6.20 Å². The van der Waals surface area contributed by atoms with Gasteiger partial charge in [-0.3, -0.25) is 5.32 Å². The van der Waals surface area contributed by atoms with Crippen LogP contribution >= 0.6 is 0 Å². The molecule has 1 aromatic carbocycles. The largest absolute Gasteiger partial charge is 0.398 e. The van der Waals surface area contributed by atoms with Gasteiger partial charge in [-0.25, -0.2) is 9.78 Å². The molecule has 0 radical (unpaired) electrons. The van der Waals surface area contributed by atoms with Gasteiger partial charge in [-0.1, -0.05) is 36.4 Å². The normalized spacial score (nSPS) is 11.9. The highest BCUT2D eigenvalue weighted by atomic mass is 16.2. The molecule has 0 aliphatic heterocycles. The first-order chi connectivity index (χ1) is 11.5. The van der Waals surface area contributed by atoms with Gasteiger partial charge in [0.1, 0.15) is 5.82 Å². The van der Waals surface area contributed by atoms with Gasteiger partial charge in [0, 0.05) is 23.5 Å². The van der Waals surface area contributed by atoms with E-state index < -0.39 is 0 Å². The Bertz CT molecular complexity index is 755. The molecule has 1 heterocycles. The Morgan fingerprint density at radius 3 is 2.67 bits per heavy atom. The van der Waals surface area contributed by atoms with Crippen LogP contribution in [0.1, 0.15) is 31.0 Å². The molecule has 0 bridgehead atoms. The van der Waals surface area contributed by atoms with Crippen molar-refractivity contribution in [3.8, 4) is 0 Å². The van der Waals surface area contributed by atoms with Crippen LogP contribution < -0.4 is 16.4 Å². The first kappa shape index (κ1) is 17.2. The standard InChI is InChI=1S/C18H21N5O/c1-3-7-15(19)14-11-21-17(10-16(14)20)23-18(24)22-12(2)13-8-5-4-6-9-13/h3-12,19H,1-2H3,(H4,20,21,22,23,24)/b7-3+,19-15?/t12-/m1/s1. The Hall–Kier alpha value is -3.15. The van der Waals surface area contributed by atoms with Gasteiger partial charge in [-0.2, -0.15) is 0 Å². The van der Waals surface area contributed by atoms with Gasteiger partial charge in [-0.15, -0.1) is 0 Å². The second-order valence-electron chi connectivity index (χ2n) is 5.30. The number of nitrogen functional groups attached to an aromatic ring is 1. The third-order valence-electron chi connectivity index (χ3n) is 3.45. The van der Waals surface area contributed by atoms with E-state index in [0.717, 1.165) is 5.56 Å². The molecule has 124 valence electrons. The fraction of sp³-hybridized carbons (Fsp3) is 0.167. The van der Waals surface area contributed by atoms with Crippen molar-refractivity contribution in [1.82, 2.24) is 10.3 Å². The van der Waals surface area contributed by atoms with Crippen molar-refractivity contribution >= 4 is 23.2 Å². The quantitative estimate of drug-likeness (QED) is 0.633. The minimum absolute atomic E-state index is 0.134. The van der Waals surface area contributed by atoms with Gasteiger partial charge >= 0.3 is 6.03 Å². The van der Waals surface area contributed by atoms with Crippen molar-refractivity contribution in [3.05, 3.63) is 65.9 Å². The maximum atomic E-state index is 12.1. The van der Waals surface area contributed by atoms with Crippen LogP contribution in [-0.2, 0) is 0 Å². The monoisotopic (exact) mass is 323 g/mol. The molecule has 1 atom stereocenters. The first-order valence-electron chi connectivity index (χ1n) is 7.61. The lowest BCUT2D eigenvalue weighted by Gasteiger charge is -2.15. The molecule has 5 N–H and O–H groups in total. The van der Waals surface area contributed by atoms with E-state index in [4.69, 9.17) is 11.1 Å². The van der Waals surface area contributed by atoms with Crippen molar-refractivity contribution < 1.29 is 4.79 Å². The topological polar surface area (TPSA) is 104 Å². The average Bonchev–Trinajstić information content (AvgIpc) is 2.55. The second-order valence-corrected chi connectivity index (χ2v) is 5.30. The molecule has 2 amide bonds. The Balaban J connectivity index is 2.02. The number of anilines is 2. The summed E-state index contributed by atoms with van der Waals surface area (Å²) in [5, 5.41) is 13.4. The third kappa shape index (κ3) is 4.42. The summed E-state index contributed by atoms with van der Waals surface area (Å²) < 4.78 is 0. The Morgan fingerprint density at radius 1 is 1.33 bits per heavy atom. The van der Waals surface area contributed by atoms with E-state index in [9.17, 15) is 4.79 Å². The number of hydrogen-bond donors (Lipinski definition) is 4. The SMILES string of the molecule is C/C=C/C(=N)c1cnc(NC(=O)N[C@H](C)c2ccccc2)cc1N. The van der Waals surface area contributed by atoms with Crippen molar-refractivity contribution in [2.24, 2.45) is 0 Å². The van der Waals surface area contributed by atoms with Crippen LogP contribution in [0.4, 0.5) is 16.3 Å². The average molecular weight is 323 g/mol. The number of benzene rings is 1. The molecule has 1 aromatic heterocycles. The predicted molar refractivity (Wildman–Crippen MR) is 97.3 cm³/mol. The number of nitrogens with zero attached hydrogens (tertiary/aromatic N) is 1. The van der Waals surface area contributed by atoms with Crippen LogP contribution in [0.3, 0.4) is 0 Å². The number of urea groups is 1. The molecule has 0 saturated carbocycles. The lowest BCUT2D eigenvalue weighted by atomic mass is 10.1. The fourth-order valence-electron chi connectivity index (χ4n) is 2.19. The van der Waals surface area contributed by atoms with Crippen molar-refractivity contribution in [2.75, 3.05) is 11.1 Å². The van der Waals surface area contributed by atoms with Crippen LogP contribution in [0, 0.1) is 5.41 Å². The number of rotatable bonds is 5. The van der Waals surface area contributed by atoms with Gasteiger partial charge in [0.05, 0.1) is 11.8 Å². The summed E-state index contributed by atoms with van der Waals surface area (Å²) in [4.78, 5) is 16.2. The minimum Gasteiger partial charge on any atom is -0.398 e. The Labute approximate surface area is 141 Å². The van der Waals surface area contributed by atoms with Gasteiger partial charge in [0.15, 0.2) is 0 Å². The number of nitrogens with one attached hydrogen (secondary N) is 3. The summed E-state index contributed by atoms with van der Waals surface area (Å²) in [5.74, 6) is 0.335. The smallest absolute Gasteiger partial charge is 0.320 e. The van der Waals surface area contributed by atoms with E-state index in [0.29, 0.717) is 17.1 Å². The zero-order valence-corrected chi connectivity index (χ0v) is 13.7. The summed E-state index contributed by atoms with van der Waals surface area (Å²) in [5.41, 5.74) is 8.13. The molecule has 0 spiro atoms. The number of carbonyl (C=O) groups is 1. The Kier molecular flexibility index (Phi) is 5.68. The molecule has 2 aromatic rings. The van der Waals surface area contributed by atoms with Crippen LogP contribution in [0.5, 0.6) is 0 Å². The zero-order valence-electron chi connectivity index (χ0n) is 13.7. The van der Waals surface area contributed by atoms with Crippen LogP contribution in [0.15, 0.2) is 54.7 Å². The highest BCUT2D eigenvalue weighted by Gasteiger charge is 2.11. The molecule has 0 saturated heterocycles. The number of nitrogens with two attached hydrogens (primary N) is 1. The number of allylic oxidation sites excluding steroid dienone is 2. The zero-order chi connectivity index (χ0) is 17.5. The molecule has 24 heavy (non-hydrogen) atoms. The fourth-order valence-corrected chi connectivity index (χ4v) is 2.19. The lowest BCUT2D eigenvalue weighted by Crippen LogP contribution is -2.31.